The van der Waals surface area contributed by atoms with Crippen molar-refractivity contribution in [3.05, 3.63) is 45.9 Å². The summed E-state index contributed by atoms with van der Waals surface area (Å²) in [5.74, 6) is 1.46. The first-order valence-electron chi connectivity index (χ1n) is 6.21. The Balaban J connectivity index is 2.18. The van der Waals surface area contributed by atoms with Crippen LogP contribution in [0.4, 0.5) is 5.95 Å². The van der Waals surface area contributed by atoms with Crippen molar-refractivity contribution in [1.82, 2.24) is 9.97 Å². The first-order valence-corrected chi connectivity index (χ1v) is 6.21. The van der Waals surface area contributed by atoms with E-state index in [1.54, 1.807) is 33.4 Å². The molecule has 0 unspecified atom stereocenters. The van der Waals surface area contributed by atoms with Crippen molar-refractivity contribution in [2.24, 2.45) is 5.10 Å². The van der Waals surface area contributed by atoms with Gasteiger partial charge >= 0.3 is 0 Å². The standard InChI is InChI=1S/C14H16N4O3/c1-9-7-15-14(17-13(9)19)18-16-8-10-5-4-6-11(20-2)12(10)21-3/h4-8H,1-3H3,(H2,15,17,18,19). The summed E-state index contributed by atoms with van der Waals surface area (Å²) in [5, 5.41) is 4.02. The number of ether oxygens (including phenoxy) is 2. The minimum absolute atomic E-state index is 0.207. The number of H-pyrrole nitrogens is 1. The van der Waals surface area contributed by atoms with Crippen molar-refractivity contribution in [2.75, 3.05) is 19.6 Å². The molecule has 0 aliphatic carbocycles. The number of aromatic nitrogens is 2. The van der Waals surface area contributed by atoms with Crippen LogP contribution in [0, 0.1) is 6.92 Å². The number of hydrazone groups is 1. The fourth-order valence-corrected chi connectivity index (χ4v) is 1.69. The molecule has 0 bridgehead atoms. The van der Waals surface area contributed by atoms with E-state index in [2.05, 4.69) is 20.5 Å². The molecule has 1 aromatic heterocycles. The van der Waals surface area contributed by atoms with Crippen LogP contribution in [0.1, 0.15) is 11.1 Å². The number of para-hydroxylation sites is 1. The number of hydrogen-bond acceptors (Lipinski definition) is 6. The van der Waals surface area contributed by atoms with E-state index in [-0.39, 0.29) is 11.5 Å². The minimum atomic E-state index is -0.207. The Morgan fingerprint density at radius 3 is 2.81 bits per heavy atom. The number of anilines is 1. The van der Waals surface area contributed by atoms with Crippen molar-refractivity contribution >= 4 is 12.2 Å². The summed E-state index contributed by atoms with van der Waals surface area (Å²) in [6.45, 7) is 1.68. The molecule has 2 rings (SSSR count). The molecule has 0 spiro atoms. The Kier molecular flexibility index (Phi) is 4.55. The molecule has 2 aromatic rings. The average Bonchev–Trinajstić information content (AvgIpc) is 2.50. The van der Waals surface area contributed by atoms with Gasteiger partial charge in [0.25, 0.3) is 5.56 Å². The zero-order valence-corrected chi connectivity index (χ0v) is 12.0. The second-order valence-electron chi connectivity index (χ2n) is 4.20. The molecule has 7 nitrogen and oxygen atoms in total. The Labute approximate surface area is 121 Å². The van der Waals surface area contributed by atoms with Crippen LogP contribution in [0.5, 0.6) is 11.5 Å². The van der Waals surface area contributed by atoms with Crippen molar-refractivity contribution in [3.63, 3.8) is 0 Å². The summed E-state index contributed by atoms with van der Waals surface area (Å²) >= 11 is 0. The van der Waals surface area contributed by atoms with Crippen LogP contribution in [-0.4, -0.2) is 30.4 Å². The van der Waals surface area contributed by atoms with Crippen LogP contribution in [-0.2, 0) is 0 Å². The Morgan fingerprint density at radius 2 is 2.14 bits per heavy atom. The average molecular weight is 288 g/mol. The lowest BCUT2D eigenvalue weighted by atomic mass is 10.2. The van der Waals surface area contributed by atoms with E-state index in [4.69, 9.17) is 9.47 Å². The van der Waals surface area contributed by atoms with Crippen LogP contribution in [0.3, 0.4) is 0 Å². The largest absolute Gasteiger partial charge is 0.493 e. The molecule has 0 amide bonds. The van der Waals surface area contributed by atoms with Gasteiger partial charge in [-0.25, -0.2) is 10.4 Å². The Morgan fingerprint density at radius 1 is 1.33 bits per heavy atom. The zero-order valence-electron chi connectivity index (χ0n) is 12.0. The molecular formula is C14H16N4O3. The van der Waals surface area contributed by atoms with Crippen LogP contribution >= 0.6 is 0 Å². The fourth-order valence-electron chi connectivity index (χ4n) is 1.69. The highest BCUT2D eigenvalue weighted by Crippen LogP contribution is 2.29. The molecule has 1 aromatic carbocycles. The molecule has 0 radical (unpaired) electrons. The quantitative estimate of drug-likeness (QED) is 0.643. The lowest BCUT2D eigenvalue weighted by molar-refractivity contribution is 0.354. The summed E-state index contributed by atoms with van der Waals surface area (Å²) in [4.78, 5) is 18.0. The topological polar surface area (TPSA) is 88.6 Å². The van der Waals surface area contributed by atoms with E-state index in [9.17, 15) is 4.79 Å². The lowest BCUT2D eigenvalue weighted by Crippen LogP contribution is -2.12. The number of nitrogens with one attached hydrogen (secondary N) is 2. The minimum Gasteiger partial charge on any atom is -0.493 e. The highest BCUT2D eigenvalue weighted by atomic mass is 16.5. The number of nitrogens with zero attached hydrogens (tertiary/aromatic N) is 2. The van der Waals surface area contributed by atoms with Gasteiger partial charge in [0.05, 0.1) is 20.4 Å². The molecule has 0 saturated carbocycles. The summed E-state index contributed by atoms with van der Waals surface area (Å²) in [5.41, 5.74) is 3.73. The highest BCUT2D eigenvalue weighted by molar-refractivity contribution is 5.85. The third kappa shape index (κ3) is 3.38. The number of aromatic amines is 1. The first kappa shape index (κ1) is 14.6. The van der Waals surface area contributed by atoms with Gasteiger partial charge in [-0.2, -0.15) is 5.10 Å². The Bertz CT molecular complexity index is 710. The molecule has 0 atom stereocenters. The summed E-state index contributed by atoms with van der Waals surface area (Å²) in [7, 11) is 3.12. The third-order valence-electron chi connectivity index (χ3n) is 2.78. The first-order chi connectivity index (χ1) is 10.2. The lowest BCUT2D eigenvalue weighted by Gasteiger charge is -2.09. The number of rotatable bonds is 5. The predicted molar refractivity (Wildman–Crippen MR) is 80.4 cm³/mol. The van der Waals surface area contributed by atoms with E-state index < -0.39 is 0 Å². The molecule has 1 heterocycles. The normalized spacial score (nSPS) is 10.6. The fraction of sp³-hybridized carbons (Fsp3) is 0.214. The van der Waals surface area contributed by atoms with Crippen molar-refractivity contribution < 1.29 is 9.47 Å². The number of benzene rings is 1. The van der Waals surface area contributed by atoms with E-state index >= 15 is 0 Å². The SMILES string of the molecule is COc1cccc(C=NNc2ncc(C)c(=O)[nH]2)c1OC. The van der Waals surface area contributed by atoms with Gasteiger partial charge < -0.3 is 9.47 Å². The van der Waals surface area contributed by atoms with E-state index in [1.165, 1.54) is 6.20 Å². The van der Waals surface area contributed by atoms with Crippen LogP contribution in [0.15, 0.2) is 34.3 Å². The second kappa shape index (κ2) is 6.56. The smallest absolute Gasteiger partial charge is 0.255 e. The van der Waals surface area contributed by atoms with Crippen LogP contribution in [0.25, 0.3) is 0 Å². The maximum atomic E-state index is 11.4. The summed E-state index contributed by atoms with van der Waals surface area (Å²) in [6, 6.07) is 5.45. The monoisotopic (exact) mass is 288 g/mol. The number of aryl methyl sites for hydroxylation is 1. The van der Waals surface area contributed by atoms with Gasteiger partial charge in [0.15, 0.2) is 11.5 Å². The number of methoxy groups -OCH3 is 2. The molecule has 0 saturated heterocycles. The molecule has 7 heteroatoms. The molecular weight excluding hydrogens is 272 g/mol. The maximum Gasteiger partial charge on any atom is 0.255 e. The van der Waals surface area contributed by atoms with Gasteiger partial charge in [0.2, 0.25) is 5.95 Å². The zero-order chi connectivity index (χ0) is 15.2. The Hall–Kier alpha value is -2.83. The predicted octanol–water partition coefficient (Wildman–Crippen LogP) is 1.54. The van der Waals surface area contributed by atoms with Gasteiger partial charge in [0.1, 0.15) is 0 Å². The third-order valence-corrected chi connectivity index (χ3v) is 2.78. The molecule has 2 N–H and O–H groups in total. The van der Waals surface area contributed by atoms with Crippen molar-refractivity contribution in [1.29, 1.82) is 0 Å². The molecule has 0 aliphatic heterocycles. The van der Waals surface area contributed by atoms with Crippen LogP contribution < -0.4 is 20.5 Å². The summed E-state index contributed by atoms with van der Waals surface area (Å²) in [6.07, 6.45) is 3.03. The van der Waals surface area contributed by atoms with Gasteiger partial charge in [-0.3, -0.25) is 9.78 Å². The van der Waals surface area contributed by atoms with Crippen LogP contribution in [0.2, 0.25) is 0 Å². The highest BCUT2D eigenvalue weighted by Gasteiger charge is 2.07. The number of hydrogen-bond donors (Lipinski definition) is 2. The van der Waals surface area contributed by atoms with Gasteiger partial charge in [0, 0.05) is 17.3 Å². The molecule has 110 valence electrons. The van der Waals surface area contributed by atoms with E-state index in [0.29, 0.717) is 17.1 Å². The maximum absolute atomic E-state index is 11.4. The van der Waals surface area contributed by atoms with Gasteiger partial charge in [-0.15, -0.1) is 0 Å². The van der Waals surface area contributed by atoms with Gasteiger partial charge in [-0.05, 0) is 19.1 Å². The van der Waals surface area contributed by atoms with Crippen molar-refractivity contribution in [3.8, 4) is 11.5 Å². The van der Waals surface area contributed by atoms with E-state index in [1.807, 2.05) is 12.1 Å². The van der Waals surface area contributed by atoms with Crippen molar-refractivity contribution in [2.45, 2.75) is 6.92 Å². The molecule has 0 aliphatic rings. The molecule has 21 heavy (non-hydrogen) atoms. The van der Waals surface area contributed by atoms with Gasteiger partial charge in [-0.1, -0.05) is 6.07 Å². The molecule has 0 fully saturated rings. The second-order valence-corrected chi connectivity index (χ2v) is 4.20. The summed E-state index contributed by atoms with van der Waals surface area (Å²) < 4.78 is 10.5. The van der Waals surface area contributed by atoms with E-state index in [0.717, 1.165) is 5.56 Å².